The summed E-state index contributed by atoms with van der Waals surface area (Å²) in [6.45, 7) is 8.69. The molecule has 2 aromatic rings. The summed E-state index contributed by atoms with van der Waals surface area (Å²) in [5, 5.41) is 4.42. The fourth-order valence-corrected chi connectivity index (χ4v) is 2.26. The van der Waals surface area contributed by atoms with Gasteiger partial charge in [-0.05, 0) is 29.5 Å². The van der Waals surface area contributed by atoms with E-state index in [4.69, 9.17) is 10.5 Å². The quantitative estimate of drug-likeness (QED) is 0.923. The number of benzene rings is 1. The number of nitrogens with two attached hydrogens (primary N) is 1. The molecule has 0 spiro atoms. The first-order chi connectivity index (χ1) is 9.82. The Labute approximate surface area is 126 Å². The fraction of sp³-hybridized carbons (Fsp3) is 0.471. The Morgan fingerprint density at radius 1 is 1.19 bits per heavy atom. The van der Waals surface area contributed by atoms with Crippen LogP contribution in [0.1, 0.15) is 45.4 Å². The maximum Gasteiger partial charge on any atom is 0.241 e. The Balaban J connectivity index is 2.22. The van der Waals surface area contributed by atoms with E-state index in [1.807, 2.05) is 19.2 Å². The van der Waals surface area contributed by atoms with Gasteiger partial charge in [0.15, 0.2) is 0 Å². The van der Waals surface area contributed by atoms with Crippen LogP contribution in [0, 0.1) is 0 Å². The summed E-state index contributed by atoms with van der Waals surface area (Å²) in [7, 11) is 1.86. The molecule has 0 atom stereocenters. The molecule has 0 unspecified atom stereocenters. The standard InChI is InChI=1S/C17H25N3O/c1-6-7-14-15(18)16(20(5)19-14)21-13-10-8-12(9-11-13)17(2,3)4/h8-11H,6-7,18H2,1-5H3. The van der Waals surface area contributed by atoms with E-state index in [9.17, 15) is 0 Å². The Bertz CT molecular complexity index is 606. The van der Waals surface area contributed by atoms with Crippen LogP contribution in [-0.2, 0) is 18.9 Å². The lowest BCUT2D eigenvalue weighted by Gasteiger charge is -2.19. The van der Waals surface area contributed by atoms with Crippen molar-refractivity contribution in [2.24, 2.45) is 7.05 Å². The Kier molecular flexibility index (Phi) is 4.26. The number of aryl methyl sites for hydroxylation is 2. The fourth-order valence-electron chi connectivity index (χ4n) is 2.26. The van der Waals surface area contributed by atoms with Crippen LogP contribution >= 0.6 is 0 Å². The molecule has 21 heavy (non-hydrogen) atoms. The number of ether oxygens (including phenoxy) is 1. The highest BCUT2D eigenvalue weighted by atomic mass is 16.5. The average Bonchev–Trinajstić information content (AvgIpc) is 2.67. The molecule has 1 heterocycles. The van der Waals surface area contributed by atoms with Crippen molar-refractivity contribution in [2.75, 3.05) is 5.73 Å². The second-order valence-electron chi connectivity index (χ2n) is 6.42. The predicted molar refractivity (Wildman–Crippen MR) is 86.8 cm³/mol. The number of anilines is 1. The van der Waals surface area contributed by atoms with E-state index >= 15 is 0 Å². The molecule has 2 N–H and O–H groups in total. The van der Waals surface area contributed by atoms with Gasteiger partial charge in [0.25, 0.3) is 0 Å². The molecular formula is C17H25N3O. The van der Waals surface area contributed by atoms with E-state index < -0.39 is 0 Å². The van der Waals surface area contributed by atoms with Gasteiger partial charge in [0.2, 0.25) is 5.88 Å². The number of aromatic nitrogens is 2. The molecule has 0 saturated carbocycles. The lowest BCUT2D eigenvalue weighted by atomic mass is 9.87. The van der Waals surface area contributed by atoms with Crippen LogP contribution in [0.25, 0.3) is 0 Å². The van der Waals surface area contributed by atoms with Crippen molar-refractivity contribution >= 4 is 5.69 Å². The summed E-state index contributed by atoms with van der Waals surface area (Å²) < 4.78 is 7.62. The molecule has 0 amide bonds. The average molecular weight is 287 g/mol. The summed E-state index contributed by atoms with van der Waals surface area (Å²) in [4.78, 5) is 0. The second kappa shape index (κ2) is 5.80. The van der Waals surface area contributed by atoms with Crippen LogP contribution in [0.3, 0.4) is 0 Å². The third-order valence-electron chi connectivity index (χ3n) is 3.53. The van der Waals surface area contributed by atoms with E-state index in [0.717, 1.165) is 24.3 Å². The van der Waals surface area contributed by atoms with E-state index in [1.165, 1.54) is 5.56 Å². The van der Waals surface area contributed by atoms with Gasteiger partial charge in [-0.3, -0.25) is 0 Å². The molecule has 4 nitrogen and oxygen atoms in total. The van der Waals surface area contributed by atoms with Gasteiger partial charge in [0, 0.05) is 7.05 Å². The Morgan fingerprint density at radius 3 is 2.33 bits per heavy atom. The maximum atomic E-state index is 6.13. The highest BCUT2D eigenvalue weighted by Crippen LogP contribution is 2.31. The lowest BCUT2D eigenvalue weighted by Crippen LogP contribution is -2.10. The molecule has 0 radical (unpaired) electrons. The molecule has 0 aliphatic carbocycles. The van der Waals surface area contributed by atoms with Gasteiger partial charge in [-0.1, -0.05) is 46.2 Å². The Morgan fingerprint density at radius 2 is 1.81 bits per heavy atom. The third-order valence-corrected chi connectivity index (χ3v) is 3.53. The van der Waals surface area contributed by atoms with Crippen LogP contribution in [0.2, 0.25) is 0 Å². The maximum absolute atomic E-state index is 6.13. The van der Waals surface area contributed by atoms with Gasteiger partial charge in [-0.25, -0.2) is 4.68 Å². The minimum Gasteiger partial charge on any atom is -0.437 e. The summed E-state index contributed by atoms with van der Waals surface area (Å²) in [6.07, 6.45) is 1.88. The summed E-state index contributed by atoms with van der Waals surface area (Å²) in [5.41, 5.74) is 9.09. The van der Waals surface area contributed by atoms with E-state index in [-0.39, 0.29) is 5.41 Å². The van der Waals surface area contributed by atoms with Gasteiger partial charge >= 0.3 is 0 Å². The lowest BCUT2D eigenvalue weighted by molar-refractivity contribution is 0.432. The molecule has 114 valence electrons. The van der Waals surface area contributed by atoms with Crippen molar-refractivity contribution < 1.29 is 4.74 Å². The molecular weight excluding hydrogens is 262 g/mol. The third kappa shape index (κ3) is 3.38. The molecule has 0 aliphatic rings. The number of hydrogen-bond donors (Lipinski definition) is 1. The largest absolute Gasteiger partial charge is 0.437 e. The molecule has 2 rings (SSSR count). The SMILES string of the molecule is CCCc1nn(C)c(Oc2ccc(C(C)(C)C)cc2)c1N. The highest BCUT2D eigenvalue weighted by molar-refractivity contribution is 5.54. The van der Waals surface area contributed by atoms with Gasteiger partial charge in [0.05, 0.1) is 5.69 Å². The summed E-state index contributed by atoms with van der Waals surface area (Å²) in [6, 6.07) is 8.14. The van der Waals surface area contributed by atoms with Gasteiger partial charge in [-0.15, -0.1) is 0 Å². The number of nitrogens with zero attached hydrogens (tertiary/aromatic N) is 2. The normalized spacial score (nSPS) is 11.7. The first kappa shape index (κ1) is 15.4. The van der Waals surface area contributed by atoms with Crippen molar-refractivity contribution in [3.05, 3.63) is 35.5 Å². The Hall–Kier alpha value is -1.97. The zero-order valence-corrected chi connectivity index (χ0v) is 13.6. The molecule has 0 bridgehead atoms. The zero-order valence-electron chi connectivity index (χ0n) is 13.6. The zero-order chi connectivity index (χ0) is 15.6. The molecule has 4 heteroatoms. The molecule has 0 fully saturated rings. The molecule has 0 saturated heterocycles. The van der Waals surface area contributed by atoms with Gasteiger partial charge < -0.3 is 10.5 Å². The summed E-state index contributed by atoms with van der Waals surface area (Å²) >= 11 is 0. The predicted octanol–water partition coefficient (Wildman–Crippen LogP) is 4.04. The van der Waals surface area contributed by atoms with Crippen LogP contribution < -0.4 is 10.5 Å². The molecule has 0 aliphatic heterocycles. The van der Waals surface area contributed by atoms with Crippen LogP contribution in [-0.4, -0.2) is 9.78 Å². The van der Waals surface area contributed by atoms with E-state index in [2.05, 4.69) is 44.9 Å². The van der Waals surface area contributed by atoms with E-state index in [0.29, 0.717) is 11.6 Å². The first-order valence-corrected chi connectivity index (χ1v) is 7.42. The van der Waals surface area contributed by atoms with Gasteiger partial charge in [0.1, 0.15) is 11.4 Å². The van der Waals surface area contributed by atoms with Crippen molar-refractivity contribution in [1.82, 2.24) is 9.78 Å². The molecule has 1 aromatic heterocycles. The van der Waals surface area contributed by atoms with Gasteiger partial charge in [-0.2, -0.15) is 5.10 Å². The van der Waals surface area contributed by atoms with Crippen LogP contribution in [0.15, 0.2) is 24.3 Å². The first-order valence-electron chi connectivity index (χ1n) is 7.42. The number of rotatable bonds is 4. The topological polar surface area (TPSA) is 53.1 Å². The van der Waals surface area contributed by atoms with E-state index in [1.54, 1.807) is 4.68 Å². The monoisotopic (exact) mass is 287 g/mol. The summed E-state index contributed by atoms with van der Waals surface area (Å²) in [5.74, 6) is 1.39. The van der Waals surface area contributed by atoms with Crippen LogP contribution in [0.5, 0.6) is 11.6 Å². The molecule has 1 aromatic carbocycles. The second-order valence-corrected chi connectivity index (χ2v) is 6.42. The number of nitrogen functional groups attached to an aromatic ring is 1. The smallest absolute Gasteiger partial charge is 0.241 e. The van der Waals surface area contributed by atoms with Crippen molar-refractivity contribution in [3.8, 4) is 11.6 Å². The van der Waals surface area contributed by atoms with Crippen molar-refractivity contribution in [3.63, 3.8) is 0 Å². The van der Waals surface area contributed by atoms with Crippen LogP contribution in [0.4, 0.5) is 5.69 Å². The minimum absolute atomic E-state index is 0.137. The van der Waals surface area contributed by atoms with Crippen molar-refractivity contribution in [1.29, 1.82) is 0 Å². The number of hydrogen-bond acceptors (Lipinski definition) is 3. The highest BCUT2D eigenvalue weighted by Gasteiger charge is 2.16. The van der Waals surface area contributed by atoms with Crippen molar-refractivity contribution in [2.45, 2.75) is 46.0 Å². The minimum atomic E-state index is 0.137.